The summed E-state index contributed by atoms with van der Waals surface area (Å²) in [6, 6.07) is 0.380. The van der Waals surface area contributed by atoms with Gasteiger partial charge in [-0.3, -0.25) is 4.79 Å². The summed E-state index contributed by atoms with van der Waals surface area (Å²) in [5.74, 6) is 0.971. The lowest BCUT2D eigenvalue weighted by Gasteiger charge is -2.40. The van der Waals surface area contributed by atoms with Crippen molar-refractivity contribution in [2.75, 3.05) is 13.2 Å². The number of hydrogen-bond donors (Lipinski definition) is 1. The molecule has 2 fully saturated rings. The maximum atomic E-state index is 12.6. The Morgan fingerprint density at radius 2 is 2.00 bits per heavy atom. The first-order chi connectivity index (χ1) is 8.49. The van der Waals surface area contributed by atoms with Gasteiger partial charge >= 0.3 is 0 Å². The van der Waals surface area contributed by atoms with Gasteiger partial charge in [-0.1, -0.05) is 6.92 Å². The Morgan fingerprint density at radius 3 is 2.67 bits per heavy atom. The average molecular weight is 254 g/mol. The first-order valence-corrected chi connectivity index (χ1v) is 7.16. The number of morpholine rings is 1. The van der Waals surface area contributed by atoms with Gasteiger partial charge in [0.2, 0.25) is 5.91 Å². The highest BCUT2D eigenvalue weighted by molar-refractivity contribution is 5.79. The van der Waals surface area contributed by atoms with Crippen LogP contribution < -0.4 is 5.73 Å². The lowest BCUT2D eigenvalue weighted by Crippen LogP contribution is -2.53. The maximum absolute atomic E-state index is 12.6. The molecular formula is C14H26N2O2. The van der Waals surface area contributed by atoms with Crippen LogP contribution in [0.4, 0.5) is 0 Å². The quantitative estimate of drug-likeness (QED) is 0.769. The standard InChI is InChI=1S/C14H26N2O2/c1-9-4-5-12(6-13(9)15)14(17)16-7-11(3)18-8-10(16)2/h9-13H,4-8,15H2,1-3H3. The van der Waals surface area contributed by atoms with Crippen molar-refractivity contribution in [3.63, 3.8) is 0 Å². The van der Waals surface area contributed by atoms with Crippen LogP contribution in [0.15, 0.2) is 0 Å². The zero-order chi connectivity index (χ0) is 13.3. The molecule has 0 aromatic rings. The highest BCUT2D eigenvalue weighted by Gasteiger charge is 2.35. The van der Waals surface area contributed by atoms with Crippen molar-refractivity contribution < 1.29 is 9.53 Å². The molecule has 1 aliphatic heterocycles. The lowest BCUT2D eigenvalue weighted by atomic mass is 9.79. The van der Waals surface area contributed by atoms with Crippen molar-refractivity contribution >= 4 is 5.91 Å². The molecule has 0 aromatic heterocycles. The third-order valence-electron chi connectivity index (χ3n) is 4.50. The smallest absolute Gasteiger partial charge is 0.226 e. The van der Waals surface area contributed by atoms with Crippen molar-refractivity contribution in [1.29, 1.82) is 0 Å². The van der Waals surface area contributed by atoms with Crippen molar-refractivity contribution in [2.45, 2.75) is 58.2 Å². The summed E-state index contributed by atoms with van der Waals surface area (Å²) >= 11 is 0. The fourth-order valence-corrected chi connectivity index (χ4v) is 3.03. The third-order valence-corrected chi connectivity index (χ3v) is 4.50. The molecule has 5 unspecified atom stereocenters. The van der Waals surface area contributed by atoms with E-state index in [2.05, 4.69) is 13.8 Å². The van der Waals surface area contributed by atoms with Crippen molar-refractivity contribution in [3.8, 4) is 0 Å². The van der Waals surface area contributed by atoms with Crippen molar-refractivity contribution in [1.82, 2.24) is 4.90 Å². The van der Waals surface area contributed by atoms with Crippen LogP contribution in [-0.4, -0.2) is 42.1 Å². The van der Waals surface area contributed by atoms with E-state index in [9.17, 15) is 4.79 Å². The van der Waals surface area contributed by atoms with Gasteiger partial charge in [-0.25, -0.2) is 0 Å². The number of rotatable bonds is 1. The molecule has 0 spiro atoms. The fraction of sp³-hybridized carbons (Fsp3) is 0.929. The molecule has 5 atom stereocenters. The Kier molecular flexibility index (Phi) is 4.28. The molecule has 1 saturated carbocycles. The van der Waals surface area contributed by atoms with Crippen LogP contribution in [0.25, 0.3) is 0 Å². The molecule has 4 heteroatoms. The topological polar surface area (TPSA) is 55.6 Å². The van der Waals surface area contributed by atoms with Gasteiger partial charge in [0.25, 0.3) is 0 Å². The van der Waals surface area contributed by atoms with E-state index in [1.807, 2.05) is 11.8 Å². The number of nitrogens with two attached hydrogens (primary N) is 1. The fourth-order valence-electron chi connectivity index (χ4n) is 3.03. The second-order valence-electron chi connectivity index (χ2n) is 6.13. The SMILES string of the molecule is CC1CN(C(=O)C2CCC(C)C(N)C2)C(C)CO1. The Morgan fingerprint density at radius 1 is 1.28 bits per heavy atom. The molecule has 2 aliphatic rings. The summed E-state index contributed by atoms with van der Waals surface area (Å²) in [4.78, 5) is 14.6. The Balaban J connectivity index is 1.98. The predicted molar refractivity (Wildman–Crippen MR) is 71.1 cm³/mol. The van der Waals surface area contributed by atoms with E-state index in [1.165, 1.54) is 0 Å². The molecular weight excluding hydrogens is 228 g/mol. The molecule has 1 heterocycles. The number of ether oxygens (including phenoxy) is 1. The van der Waals surface area contributed by atoms with Gasteiger partial charge in [0.1, 0.15) is 0 Å². The predicted octanol–water partition coefficient (Wildman–Crippen LogP) is 1.39. The molecule has 104 valence electrons. The van der Waals surface area contributed by atoms with Crippen LogP contribution >= 0.6 is 0 Å². The van der Waals surface area contributed by atoms with E-state index in [-0.39, 0.29) is 24.1 Å². The number of carbonyl (C=O) groups excluding carboxylic acids is 1. The molecule has 0 bridgehead atoms. The van der Waals surface area contributed by atoms with Crippen LogP contribution in [0.5, 0.6) is 0 Å². The molecule has 4 nitrogen and oxygen atoms in total. The lowest BCUT2D eigenvalue weighted by molar-refractivity contribution is -0.149. The van der Waals surface area contributed by atoms with Gasteiger partial charge in [0.05, 0.1) is 18.8 Å². The number of hydrogen-bond acceptors (Lipinski definition) is 3. The summed E-state index contributed by atoms with van der Waals surface area (Å²) < 4.78 is 5.58. The van der Waals surface area contributed by atoms with Gasteiger partial charge in [-0.05, 0) is 39.0 Å². The van der Waals surface area contributed by atoms with E-state index < -0.39 is 0 Å². The van der Waals surface area contributed by atoms with Crippen LogP contribution in [-0.2, 0) is 9.53 Å². The van der Waals surface area contributed by atoms with E-state index in [4.69, 9.17) is 10.5 Å². The minimum absolute atomic E-state index is 0.129. The normalized spacial score (nSPS) is 41.8. The van der Waals surface area contributed by atoms with Crippen molar-refractivity contribution in [2.24, 2.45) is 17.6 Å². The van der Waals surface area contributed by atoms with E-state index in [0.29, 0.717) is 18.4 Å². The van der Waals surface area contributed by atoms with Crippen LogP contribution in [0.2, 0.25) is 0 Å². The molecule has 1 aliphatic carbocycles. The van der Waals surface area contributed by atoms with Gasteiger partial charge < -0.3 is 15.4 Å². The number of amides is 1. The van der Waals surface area contributed by atoms with Gasteiger partial charge in [0, 0.05) is 18.5 Å². The van der Waals surface area contributed by atoms with E-state index >= 15 is 0 Å². The zero-order valence-electron chi connectivity index (χ0n) is 11.8. The Labute approximate surface area is 110 Å². The summed E-state index contributed by atoms with van der Waals surface area (Å²) in [6.07, 6.45) is 3.07. The van der Waals surface area contributed by atoms with Crippen LogP contribution in [0.1, 0.15) is 40.0 Å². The highest BCUT2D eigenvalue weighted by atomic mass is 16.5. The minimum Gasteiger partial charge on any atom is -0.375 e. The Bertz CT molecular complexity index is 308. The summed E-state index contributed by atoms with van der Waals surface area (Å²) in [5, 5.41) is 0. The van der Waals surface area contributed by atoms with E-state index in [1.54, 1.807) is 0 Å². The number of carbonyl (C=O) groups is 1. The molecule has 1 amide bonds. The van der Waals surface area contributed by atoms with E-state index in [0.717, 1.165) is 25.8 Å². The second kappa shape index (κ2) is 5.57. The number of nitrogens with zero attached hydrogens (tertiary/aromatic N) is 1. The van der Waals surface area contributed by atoms with Gasteiger partial charge in [-0.2, -0.15) is 0 Å². The van der Waals surface area contributed by atoms with Crippen LogP contribution in [0.3, 0.4) is 0 Å². The first kappa shape index (κ1) is 13.8. The first-order valence-electron chi connectivity index (χ1n) is 7.16. The second-order valence-corrected chi connectivity index (χ2v) is 6.13. The molecule has 1 saturated heterocycles. The molecule has 0 aromatic carbocycles. The van der Waals surface area contributed by atoms with Gasteiger partial charge in [-0.15, -0.1) is 0 Å². The largest absolute Gasteiger partial charge is 0.375 e. The monoisotopic (exact) mass is 254 g/mol. The molecule has 2 rings (SSSR count). The Hall–Kier alpha value is -0.610. The summed E-state index contributed by atoms with van der Waals surface area (Å²) in [5.41, 5.74) is 6.10. The molecule has 2 N–H and O–H groups in total. The summed E-state index contributed by atoms with van der Waals surface area (Å²) in [7, 11) is 0. The minimum atomic E-state index is 0.129. The zero-order valence-corrected chi connectivity index (χ0v) is 11.8. The maximum Gasteiger partial charge on any atom is 0.226 e. The van der Waals surface area contributed by atoms with Gasteiger partial charge in [0.15, 0.2) is 0 Å². The van der Waals surface area contributed by atoms with Crippen LogP contribution in [0, 0.1) is 11.8 Å². The third kappa shape index (κ3) is 2.86. The molecule has 18 heavy (non-hydrogen) atoms. The average Bonchev–Trinajstić information content (AvgIpc) is 2.35. The molecule has 0 radical (unpaired) electrons. The summed E-state index contributed by atoms with van der Waals surface area (Å²) in [6.45, 7) is 7.66. The van der Waals surface area contributed by atoms with Crippen molar-refractivity contribution in [3.05, 3.63) is 0 Å². The highest BCUT2D eigenvalue weighted by Crippen LogP contribution is 2.30.